The van der Waals surface area contributed by atoms with Crippen LogP contribution in [0.15, 0.2) is 48.8 Å². The predicted octanol–water partition coefficient (Wildman–Crippen LogP) is 3.19. The quantitative estimate of drug-likeness (QED) is 0.820. The Hall–Kier alpha value is -2.36. The molecule has 1 amide bonds. The third kappa shape index (κ3) is 4.39. The van der Waals surface area contributed by atoms with E-state index < -0.39 is 0 Å². The Labute approximate surface area is 118 Å². The lowest BCUT2D eigenvalue weighted by Crippen LogP contribution is -2.13. The zero-order valence-corrected chi connectivity index (χ0v) is 11.5. The number of carbonyl (C=O) groups is 1. The maximum atomic E-state index is 11.8. The molecule has 1 aromatic heterocycles. The molecule has 2 rings (SSSR count). The van der Waals surface area contributed by atoms with E-state index >= 15 is 0 Å². The van der Waals surface area contributed by atoms with E-state index in [4.69, 9.17) is 4.74 Å². The van der Waals surface area contributed by atoms with Crippen LogP contribution < -0.4 is 10.1 Å². The number of hydrogen-bond donors (Lipinski definition) is 1. The van der Waals surface area contributed by atoms with Gasteiger partial charge >= 0.3 is 0 Å². The van der Waals surface area contributed by atoms with Gasteiger partial charge in [-0.05, 0) is 37.1 Å². The number of aromatic nitrogens is 1. The van der Waals surface area contributed by atoms with Crippen molar-refractivity contribution in [2.75, 3.05) is 11.9 Å². The van der Waals surface area contributed by atoms with Crippen LogP contribution in [0, 0.1) is 6.92 Å². The molecule has 20 heavy (non-hydrogen) atoms. The van der Waals surface area contributed by atoms with Crippen LogP contribution in [0.4, 0.5) is 5.69 Å². The third-order valence-corrected chi connectivity index (χ3v) is 2.87. The van der Waals surface area contributed by atoms with Gasteiger partial charge in [0.2, 0.25) is 5.91 Å². The summed E-state index contributed by atoms with van der Waals surface area (Å²) < 4.78 is 5.49. The van der Waals surface area contributed by atoms with Gasteiger partial charge in [-0.1, -0.05) is 18.2 Å². The van der Waals surface area contributed by atoms with Crippen molar-refractivity contribution in [3.8, 4) is 5.75 Å². The number of para-hydroxylation sites is 1. The van der Waals surface area contributed by atoms with Crippen LogP contribution in [-0.2, 0) is 4.79 Å². The Morgan fingerprint density at radius 2 is 2.10 bits per heavy atom. The number of amides is 1. The minimum Gasteiger partial charge on any atom is -0.492 e. The number of pyridine rings is 1. The van der Waals surface area contributed by atoms with Gasteiger partial charge in [-0.15, -0.1) is 0 Å². The molecule has 0 unspecified atom stereocenters. The van der Waals surface area contributed by atoms with Crippen molar-refractivity contribution in [2.45, 2.75) is 19.8 Å². The minimum atomic E-state index is 0.00841. The molecular formula is C16H18N2O2. The molecule has 0 aliphatic rings. The van der Waals surface area contributed by atoms with E-state index in [1.807, 2.05) is 43.3 Å². The smallest absolute Gasteiger partial charge is 0.224 e. The fourth-order valence-electron chi connectivity index (χ4n) is 1.78. The molecule has 0 saturated heterocycles. The van der Waals surface area contributed by atoms with Crippen LogP contribution >= 0.6 is 0 Å². The summed E-state index contributed by atoms with van der Waals surface area (Å²) in [7, 11) is 0. The van der Waals surface area contributed by atoms with Gasteiger partial charge in [0, 0.05) is 18.3 Å². The number of ether oxygens (including phenoxy) is 1. The van der Waals surface area contributed by atoms with E-state index in [2.05, 4.69) is 10.3 Å². The van der Waals surface area contributed by atoms with Gasteiger partial charge in [0.05, 0.1) is 12.8 Å². The minimum absolute atomic E-state index is 0.00841. The molecule has 104 valence electrons. The SMILES string of the molecule is Cc1ccccc1NC(=O)CCCOc1cccnc1. The number of anilines is 1. The number of benzene rings is 1. The fraction of sp³-hybridized carbons (Fsp3) is 0.250. The number of nitrogens with zero attached hydrogens (tertiary/aromatic N) is 1. The molecule has 1 N–H and O–H groups in total. The maximum Gasteiger partial charge on any atom is 0.224 e. The first-order valence-electron chi connectivity index (χ1n) is 6.64. The number of hydrogen-bond acceptors (Lipinski definition) is 3. The highest BCUT2D eigenvalue weighted by Crippen LogP contribution is 2.13. The Bertz CT molecular complexity index is 555. The Kier molecular flexibility index (Phi) is 5.12. The first-order valence-corrected chi connectivity index (χ1v) is 6.64. The zero-order valence-electron chi connectivity index (χ0n) is 11.5. The van der Waals surface area contributed by atoms with Crippen molar-refractivity contribution in [3.63, 3.8) is 0 Å². The number of nitrogens with one attached hydrogen (secondary N) is 1. The lowest BCUT2D eigenvalue weighted by Gasteiger charge is -2.08. The normalized spacial score (nSPS) is 10.1. The van der Waals surface area contributed by atoms with Crippen molar-refractivity contribution in [1.82, 2.24) is 4.98 Å². The lowest BCUT2D eigenvalue weighted by atomic mass is 10.2. The van der Waals surface area contributed by atoms with Crippen LogP contribution in [0.5, 0.6) is 5.75 Å². The summed E-state index contributed by atoms with van der Waals surface area (Å²) in [5.74, 6) is 0.737. The van der Waals surface area contributed by atoms with E-state index in [0.717, 1.165) is 17.0 Å². The molecular weight excluding hydrogens is 252 g/mol. The second-order valence-electron chi connectivity index (χ2n) is 4.50. The second kappa shape index (κ2) is 7.28. The Morgan fingerprint density at radius 1 is 1.25 bits per heavy atom. The highest BCUT2D eigenvalue weighted by atomic mass is 16.5. The molecule has 0 spiro atoms. The second-order valence-corrected chi connectivity index (χ2v) is 4.50. The topological polar surface area (TPSA) is 51.2 Å². The van der Waals surface area contributed by atoms with Gasteiger partial charge < -0.3 is 10.1 Å². The van der Waals surface area contributed by atoms with Gasteiger partial charge in [0.1, 0.15) is 5.75 Å². The van der Waals surface area contributed by atoms with Crippen molar-refractivity contribution < 1.29 is 9.53 Å². The van der Waals surface area contributed by atoms with Gasteiger partial charge in [0.25, 0.3) is 0 Å². The zero-order chi connectivity index (χ0) is 14.2. The molecule has 1 heterocycles. The standard InChI is InChI=1S/C16H18N2O2/c1-13-6-2-3-8-15(13)18-16(19)9-5-11-20-14-7-4-10-17-12-14/h2-4,6-8,10,12H,5,9,11H2,1H3,(H,18,19). The largest absolute Gasteiger partial charge is 0.492 e. The molecule has 0 saturated carbocycles. The molecule has 0 aliphatic heterocycles. The maximum absolute atomic E-state index is 11.8. The number of carbonyl (C=O) groups excluding carboxylic acids is 1. The highest BCUT2D eigenvalue weighted by molar-refractivity contribution is 5.91. The van der Waals surface area contributed by atoms with Crippen molar-refractivity contribution in [2.24, 2.45) is 0 Å². The first-order chi connectivity index (χ1) is 9.75. The fourth-order valence-corrected chi connectivity index (χ4v) is 1.78. The van der Waals surface area contributed by atoms with E-state index in [-0.39, 0.29) is 5.91 Å². The highest BCUT2D eigenvalue weighted by Gasteiger charge is 2.04. The van der Waals surface area contributed by atoms with Crippen LogP contribution in [0.2, 0.25) is 0 Å². The van der Waals surface area contributed by atoms with Crippen molar-refractivity contribution in [3.05, 3.63) is 54.4 Å². The molecule has 1 aromatic carbocycles. The summed E-state index contributed by atoms with van der Waals surface area (Å²) in [4.78, 5) is 15.8. The van der Waals surface area contributed by atoms with Crippen LogP contribution in [-0.4, -0.2) is 17.5 Å². The molecule has 4 heteroatoms. The number of rotatable bonds is 6. The Morgan fingerprint density at radius 3 is 2.85 bits per heavy atom. The van der Waals surface area contributed by atoms with Gasteiger partial charge in [-0.25, -0.2) is 0 Å². The molecule has 0 radical (unpaired) electrons. The molecule has 0 bridgehead atoms. The first kappa shape index (κ1) is 14.1. The molecule has 0 fully saturated rings. The van der Waals surface area contributed by atoms with Crippen LogP contribution in [0.1, 0.15) is 18.4 Å². The predicted molar refractivity (Wildman–Crippen MR) is 78.8 cm³/mol. The van der Waals surface area contributed by atoms with Crippen molar-refractivity contribution >= 4 is 11.6 Å². The molecule has 0 aliphatic carbocycles. The van der Waals surface area contributed by atoms with E-state index in [9.17, 15) is 4.79 Å². The van der Waals surface area contributed by atoms with E-state index in [1.165, 1.54) is 0 Å². The summed E-state index contributed by atoms with van der Waals surface area (Å²) in [5, 5.41) is 2.90. The lowest BCUT2D eigenvalue weighted by molar-refractivity contribution is -0.116. The average molecular weight is 270 g/mol. The summed E-state index contributed by atoms with van der Waals surface area (Å²) in [6, 6.07) is 11.4. The summed E-state index contributed by atoms with van der Waals surface area (Å²) in [6.07, 6.45) is 4.47. The van der Waals surface area contributed by atoms with E-state index in [0.29, 0.717) is 19.4 Å². The van der Waals surface area contributed by atoms with Crippen LogP contribution in [0.3, 0.4) is 0 Å². The molecule has 2 aromatic rings. The Balaban J connectivity index is 1.69. The summed E-state index contributed by atoms with van der Waals surface area (Å²) >= 11 is 0. The van der Waals surface area contributed by atoms with E-state index in [1.54, 1.807) is 12.4 Å². The molecule has 4 nitrogen and oxygen atoms in total. The van der Waals surface area contributed by atoms with Crippen molar-refractivity contribution in [1.29, 1.82) is 0 Å². The third-order valence-electron chi connectivity index (χ3n) is 2.87. The molecule has 0 atom stereocenters. The van der Waals surface area contributed by atoms with Gasteiger partial charge in [-0.3, -0.25) is 9.78 Å². The van der Waals surface area contributed by atoms with Gasteiger partial charge in [-0.2, -0.15) is 0 Å². The average Bonchev–Trinajstić information content (AvgIpc) is 2.47. The summed E-state index contributed by atoms with van der Waals surface area (Å²) in [6.45, 7) is 2.48. The van der Waals surface area contributed by atoms with Crippen LogP contribution in [0.25, 0.3) is 0 Å². The van der Waals surface area contributed by atoms with Gasteiger partial charge in [0.15, 0.2) is 0 Å². The number of aryl methyl sites for hydroxylation is 1. The monoisotopic (exact) mass is 270 g/mol. The summed E-state index contributed by atoms with van der Waals surface area (Å²) in [5.41, 5.74) is 1.93.